The first-order valence-electron chi connectivity index (χ1n) is 5.18. The van der Waals surface area contributed by atoms with Gasteiger partial charge in [0.2, 0.25) is 0 Å². The molecule has 0 radical (unpaired) electrons. The summed E-state index contributed by atoms with van der Waals surface area (Å²) in [5, 5.41) is 4.60. The minimum atomic E-state index is -0.00470. The first-order chi connectivity index (χ1) is 7.79. The Kier molecular flexibility index (Phi) is 5.01. The monoisotopic (exact) mass is 289 g/mol. The van der Waals surface area contributed by atoms with E-state index in [2.05, 4.69) is 37.9 Å². The number of hydrogen-bond acceptors (Lipinski definition) is 1. The molecule has 1 rings (SSSR count). The third-order valence-electron chi connectivity index (χ3n) is 1.82. The average molecular weight is 291 g/mol. The van der Waals surface area contributed by atoms with Crippen molar-refractivity contribution in [3.63, 3.8) is 0 Å². The predicted molar refractivity (Wildman–Crippen MR) is 77.2 cm³/mol. The molecule has 0 amide bonds. The van der Waals surface area contributed by atoms with Gasteiger partial charge in [-0.3, -0.25) is 0 Å². The molecule has 1 nitrogen and oxygen atoms in total. The van der Waals surface area contributed by atoms with Crippen LogP contribution in [0.25, 0.3) is 0 Å². The van der Waals surface area contributed by atoms with Crippen LogP contribution < -0.4 is 5.32 Å². The van der Waals surface area contributed by atoms with E-state index >= 15 is 0 Å². The first-order valence-corrected chi connectivity index (χ1v) is 6.31. The summed E-state index contributed by atoms with van der Waals surface area (Å²) >= 11 is 17.9. The van der Waals surface area contributed by atoms with Gasteiger partial charge in [0.1, 0.15) is 0 Å². The summed E-state index contributed by atoms with van der Waals surface area (Å²) in [7, 11) is 0. The average Bonchev–Trinajstić information content (AvgIpc) is 2.13. The highest BCUT2D eigenvalue weighted by Gasteiger charge is 2.07. The maximum Gasteiger partial charge on any atom is 0.0767 e. The molecule has 1 N–H and O–H groups in total. The zero-order valence-electron chi connectivity index (χ0n) is 10.00. The van der Waals surface area contributed by atoms with Crippen LogP contribution in [0.4, 0.5) is 5.69 Å². The maximum atomic E-state index is 6.02. The largest absolute Gasteiger partial charge is 0.372 e. The second-order valence-corrected chi connectivity index (χ2v) is 5.90. The lowest BCUT2D eigenvalue weighted by molar-refractivity contribution is 0.570. The maximum absolute atomic E-state index is 6.02. The number of hydrogen-bond donors (Lipinski definition) is 1. The Balaban J connectivity index is 2.73. The third-order valence-corrected chi connectivity index (χ3v) is 2.64. The summed E-state index contributed by atoms with van der Waals surface area (Å²) in [4.78, 5) is 0. The zero-order valence-corrected chi connectivity index (χ0v) is 12.3. The van der Waals surface area contributed by atoms with Crippen molar-refractivity contribution in [3.8, 4) is 11.8 Å². The Morgan fingerprint density at radius 3 is 2.12 bits per heavy atom. The van der Waals surface area contributed by atoms with E-state index in [0.717, 1.165) is 0 Å². The first kappa shape index (κ1) is 14.5. The summed E-state index contributed by atoms with van der Waals surface area (Å²) in [6.45, 7) is 6.67. The van der Waals surface area contributed by atoms with E-state index in [4.69, 9.17) is 34.8 Å². The predicted octanol–water partition coefficient (Wildman–Crippen LogP) is 5.11. The van der Waals surface area contributed by atoms with Gasteiger partial charge < -0.3 is 5.32 Å². The molecule has 0 aliphatic rings. The molecule has 4 heteroatoms. The van der Waals surface area contributed by atoms with Gasteiger partial charge in [-0.05, 0) is 32.9 Å². The molecule has 0 saturated heterocycles. The van der Waals surface area contributed by atoms with Gasteiger partial charge in [0.25, 0.3) is 0 Å². The fourth-order valence-corrected chi connectivity index (χ4v) is 2.10. The Labute approximate surface area is 117 Å². The van der Waals surface area contributed by atoms with Crippen LogP contribution in [0, 0.1) is 17.3 Å². The van der Waals surface area contributed by atoms with Gasteiger partial charge in [0.15, 0.2) is 0 Å². The van der Waals surface area contributed by atoms with Gasteiger partial charge in [0, 0.05) is 10.4 Å². The van der Waals surface area contributed by atoms with Crippen molar-refractivity contribution in [3.05, 3.63) is 27.2 Å². The highest BCUT2D eigenvalue weighted by atomic mass is 35.5. The fourth-order valence-electron chi connectivity index (χ4n) is 1.15. The van der Waals surface area contributed by atoms with Crippen LogP contribution in [0.3, 0.4) is 0 Å². The van der Waals surface area contributed by atoms with Crippen molar-refractivity contribution in [1.29, 1.82) is 0 Å². The van der Waals surface area contributed by atoms with Gasteiger partial charge in [-0.1, -0.05) is 46.6 Å². The van der Waals surface area contributed by atoms with Gasteiger partial charge in [-0.25, -0.2) is 0 Å². The molecule has 0 unspecified atom stereocenters. The smallest absolute Gasteiger partial charge is 0.0767 e. The normalized spacial score (nSPS) is 10.7. The van der Waals surface area contributed by atoms with Crippen LogP contribution in [-0.4, -0.2) is 6.54 Å². The SMILES string of the molecule is CC(C)(C)C#CCNc1c(Cl)cc(Cl)cc1Cl. The molecular weight excluding hydrogens is 277 g/mol. The Bertz CT molecular complexity index is 441. The molecule has 0 fully saturated rings. The number of halogens is 3. The molecule has 0 aliphatic heterocycles. The minimum absolute atomic E-state index is 0.00470. The van der Waals surface area contributed by atoms with Gasteiger partial charge in [-0.15, -0.1) is 0 Å². The van der Waals surface area contributed by atoms with Gasteiger partial charge in [0.05, 0.1) is 22.3 Å². The highest BCUT2D eigenvalue weighted by molar-refractivity contribution is 6.41. The second-order valence-electron chi connectivity index (χ2n) is 4.65. The summed E-state index contributed by atoms with van der Waals surface area (Å²) in [6.07, 6.45) is 0. The van der Waals surface area contributed by atoms with Crippen molar-refractivity contribution in [2.24, 2.45) is 5.41 Å². The van der Waals surface area contributed by atoms with Crippen LogP contribution >= 0.6 is 34.8 Å². The lowest BCUT2D eigenvalue weighted by Gasteiger charge is -2.09. The van der Waals surface area contributed by atoms with E-state index in [1.165, 1.54) is 0 Å². The van der Waals surface area contributed by atoms with E-state index in [9.17, 15) is 0 Å². The molecule has 0 atom stereocenters. The van der Waals surface area contributed by atoms with Crippen LogP contribution in [0.1, 0.15) is 20.8 Å². The van der Waals surface area contributed by atoms with E-state index in [1.807, 2.05) is 0 Å². The highest BCUT2D eigenvalue weighted by Crippen LogP contribution is 2.33. The quantitative estimate of drug-likeness (QED) is 0.746. The summed E-state index contributed by atoms with van der Waals surface area (Å²) < 4.78 is 0. The van der Waals surface area contributed by atoms with Crippen molar-refractivity contribution in [2.45, 2.75) is 20.8 Å². The number of rotatable bonds is 2. The molecule has 0 saturated carbocycles. The van der Waals surface area contributed by atoms with E-state index in [1.54, 1.807) is 12.1 Å². The molecule has 0 aromatic heterocycles. The molecule has 1 aromatic rings. The molecule has 0 bridgehead atoms. The lowest BCUT2D eigenvalue weighted by atomic mass is 9.98. The molecule has 0 aliphatic carbocycles. The molecule has 0 heterocycles. The van der Waals surface area contributed by atoms with Crippen molar-refractivity contribution in [2.75, 3.05) is 11.9 Å². The fraction of sp³-hybridized carbons (Fsp3) is 0.385. The van der Waals surface area contributed by atoms with Crippen LogP contribution in [0.15, 0.2) is 12.1 Å². The summed E-state index contributed by atoms with van der Waals surface area (Å²) in [6, 6.07) is 3.29. The van der Waals surface area contributed by atoms with Crippen LogP contribution in [-0.2, 0) is 0 Å². The Morgan fingerprint density at radius 2 is 1.65 bits per heavy atom. The van der Waals surface area contributed by atoms with E-state index in [-0.39, 0.29) is 5.41 Å². The van der Waals surface area contributed by atoms with Crippen LogP contribution in [0.2, 0.25) is 15.1 Å². The van der Waals surface area contributed by atoms with Crippen molar-refractivity contribution in [1.82, 2.24) is 0 Å². The topological polar surface area (TPSA) is 12.0 Å². The molecule has 17 heavy (non-hydrogen) atoms. The zero-order chi connectivity index (χ0) is 13.1. The lowest BCUT2D eigenvalue weighted by Crippen LogP contribution is -2.04. The van der Waals surface area contributed by atoms with Crippen LogP contribution in [0.5, 0.6) is 0 Å². The molecular formula is C13H14Cl3N. The summed E-state index contributed by atoms with van der Waals surface area (Å²) in [5.41, 5.74) is 0.663. The van der Waals surface area contributed by atoms with Gasteiger partial charge in [-0.2, -0.15) is 0 Å². The Hall–Kier alpha value is -0.550. The second kappa shape index (κ2) is 5.87. The van der Waals surface area contributed by atoms with Gasteiger partial charge >= 0.3 is 0 Å². The minimum Gasteiger partial charge on any atom is -0.372 e. The summed E-state index contributed by atoms with van der Waals surface area (Å²) in [5.74, 6) is 6.15. The van der Waals surface area contributed by atoms with E-state index < -0.39 is 0 Å². The Morgan fingerprint density at radius 1 is 1.12 bits per heavy atom. The number of nitrogens with one attached hydrogen (secondary N) is 1. The molecule has 92 valence electrons. The number of anilines is 1. The third kappa shape index (κ3) is 5.08. The van der Waals surface area contributed by atoms with Crippen molar-refractivity contribution < 1.29 is 0 Å². The number of benzene rings is 1. The molecule has 0 spiro atoms. The van der Waals surface area contributed by atoms with E-state index in [0.29, 0.717) is 27.3 Å². The standard InChI is InChI=1S/C13H14Cl3N/c1-13(2,3)5-4-6-17-12-10(15)7-9(14)8-11(12)16/h7-8,17H,6H2,1-3H3. The van der Waals surface area contributed by atoms with Crippen molar-refractivity contribution >= 4 is 40.5 Å². The molecule has 1 aromatic carbocycles.